The summed E-state index contributed by atoms with van der Waals surface area (Å²) in [6.07, 6.45) is 1.59. The highest BCUT2D eigenvalue weighted by Crippen LogP contribution is 2.24. The van der Waals surface area contributed by atoms with Crippen LogP contribution in [0.3, 0.4) is 0 Å². The van der Waals surface area contributed by atoms with Gasteiger partial charge in [0.2, 0.25) is 0 Å². The lowest BCUT2D eigenvalue weighted by Gasteiger charge is -2.28. The van der Waals surface area contributed by atoms with Gasteiger partial charge in [-0.3, -0.25) is 0 Å². The molecule has 0 radical (unpaired) electrons. The molecule has 2 unspecified atom stereocenters. The third-order valence-corrected chi connectivity index (χ3v) is 3.20. The quantitative estimate of drug-likeness (QED) is 0.648. The molecule has 60 valence electrons. The molecule has 0 aromatic carbocycles. The highest BCUT2D eigenvalue weighted by molar-refractivity contribution is 7.99. The Balaban J connectivity index is 2.34. The van der Waals surface area contributed by atoms with Crippen LogP contribution < -0.4 is 5.73 Å². The maximum absolute atomic E-state index is 5.58. The van der Waals surface area contributed by atoms with Crippen LogP contribution in [0, 0.1) is 5.92 Å². The standard InChI is InChI=1S/C7H15NOS/c1-9-7-2-3-10-5-6(7)4-8/h6-7H,2-5,8H2,1H3. The van der Waals surface area contributed by atoms with Crippen LogP contribution in [-0.2, 0) is 4.74 Å². The summed E-state index contributed by atoms with van der Waals surface area (Å²) in [6, 6.07) is 0. The van der Waals surface area contributed by atoms with E-state index in [4.69, 9.17) is 10.5 Å². The second-order valence-corrected chi connectivity index (χ2v) is 3.78. The zero-order valence-electron chi connectivity index (χ0n) is 6.38. The highest BCUT2D eigenvalue weighted by atomic mass is 32.2. The summed E-state index contributed by atoms with van der Waals surface area (Å²) >= 11 is 1.99. The van der Waals surface area contributed by atoms with E-state index in [-0.39, 0.29) is 0 Å². The largest absolute Gasteiger partial charge is 0.381 e. The van der Waals surface area contributed by atoms with Crippen molar-refractivity contribution in [2.75, 3.05) is 25.2 Å². The molecule has 2 N–H and O–H groups in total. The van der Waals surface area contributed by atoms with Crippen LogP contribution in [-0.4, -0.2) is 31.3 Å². The number of ether oxygens (including phenoxy) is 1. The molecule has 0 bridgehead atoms. The summed E-state index contributed by atoms with van der Waals surface area (Å²) in [5.41, 5.74) is 5.58. The Kier molecular flexibility index (Phi) is 3.52. The lowest BCUT2D eigenvalue weighted by atomic mass is 10.0. The third-order valence-electron chi connectivity index (χ3n) is 2.01. The van der Waals surface area contributed by atoms with Gasteiger partial charge in [-0.15, -0.1) is 0 Å². The average Bonchev–Trinajstić information content (AvgIpc) is 2.04. The van der Waals surface area contributed by atoms with Crippen LogP contribution in [0.25, 0.3) is 0 Å². The number of nitrogens with two attached hydrogens (primary N) is 1. The van der Waals surface area contributed by atoms with Gasteiger partial charge in [0.1, 0.15) is 0 Å². The van der Waals surface area contributed by atoms with E-state index in [1.807, 2.05) is 11.8 Å². The first-order valence-corrected chi connectivity index (χ1v) is 4.84. The fraction of sp³-hybridized carbons (Fsp3) is 1.00. The van der Waals surface area contributed by atoms with Gasteiger partial charge in [-0.25, -0.2) is 0 Å². The van der Waals surface area contributed by atoms with Crippen molar-refractivity contribution in [2.24, 2.45) is 11.7 Å². The van der Waals surface area contributed by atoms with Crippen LogP contribution >= 0.6 is 11.8 Å². The molecule has 0 spiro atoms. The van der Waals surface area contributed by atoms with E-state index in [9.17, 15) is 0 Å². The van der Waals surface area contributed by atoms with E-state index >= 15 is 0 Å². The van der Waals surface area contributed by atoms with Crippen LogP contribution in [0.4, 0.5) is 0 Å². The zero-order valence-corrected chi connectivity index (χ0v) is 7.19. The fourth-order valence-corrected chi connectivity index (χ4v) is 2.53. The van der Waals surface area contributed by atoms with Crippen LogP contribution in [0.1, 0.15) is 6.42 Å². The smallest absolute Gasteiger partial charge is 0.0627 e. The van der Waals surface area contributed by atoms with Crippen molar-refractivity contribution >= 4 is 11.8 Å². The molecule has 0 aromatic rings. The van der Waals surface area contributed by atoms with Crippen LogP contribution in [0.2, 0.25) is 0 Å². The van der Waals surface area contributed by atoms with Crippen molar-refractivity contribution in [2.45, 2.75) is 12.5 Å². The third kappa shape index (κ3) is 1.87. The van der Waals surface area contributed by atoms with E-state index in [1.165, 1.54) is 17.9 Å². The molecule has 0 saturated carbocycles. The summed E-state index contributed by atoms with van der Waals surface area (Å²) in [5.74, 6) is 2.99. The lowest BCUT2D eigenvalue weighted by Crippen LogP contribution is -2.34. The molecule has 1 fully saturated rings. The average molecular weight is 161 g/mol. The summed E-state index contributed by atoms with van der Waals surface area (Å²) in [6.45, 7) is 0.769. The predicted octanol–water partition coefficient (Wildman–Crippen LogP) is 0.713. The van der Waals surface area contributed by atoms with Gasteiger partial charge in [-0.05, 0) is 24.5 Å². The molecule has 1 aliphatic rings. The minimum absolute atomic E-state index is 0.422. The number of hydrogen-bond acceptors (Lipinski definition) is 3. The first-order valence-electron chi connectivity index (χ1n) is 3.69. The van der Waals surface area contributed by atoms with E-state index < -0.39 is 0 Å². The van der Waals surface area contributed by atoms with Crippen molar-refractivity contribution in [1.29, 1.82) is 0 Å². The Morgan fingerprint density at radius 1 is 1.70 bits per heavy atom. The molecule has 0 aromatic heterocycles. The Morgan fingerprint density at radius 2 is 2.50 bits per heavy atom. The Labute approximate surface area is 66.5 Å². The van der Waals surface area contributed by atoms with Crippen molar-refractivity contribution < 1.29 is 4.74 Å². The van der Waals surface area contributed by atoms with Gasteiger partial charge in [0.25, 0.3) is 0 Å². The second kappa shape index (κ2) is 4.21. The molecule has 1 rings (SSSR count). The van der Waals surface area contributed by atoms with Gasteiger partial charge in [0, 0.05) is 13.0 Å². The monoisotopic (exact) mass is 161 g/mol. The van der Waals surface area contributed by atoms with Gasteiger partial charge in [-0.2, -0.15) is 11.8 Å². The summed E-state index contributed by atoms with van der Waals surface area (Å²) < 4.78 is 5.30. The predicted molar refractivity (Wildman–Crippen MR) is 45.3 cm³/mol. The fourth-order valence-electron chi connectivity index (χ4n) is 1.31. The molecule has 2 nitrogen and oxygen atoms in total. The molecule has 2 atom stereocenters. The van der Waals surface area contributed by atoms with E-state index in [2.05, 4.69) is 0 Å². The van der Waals surface area contributed by atoms with Crippen molar-refractivity contribution in [3.63, 3.8) is 0 Å². The minimum atomic E-state index is 0.422. The Morgan fingerprint density at radius 3 is 3.00 bits per heavy atom. The van der Waals surface area contributed by atoms with Crippen molar-refractivity contribution in [1.82, 2.24) is 0 Å². The Hall–Kier alpha value is 0.270. The first kappa shape index (κ1) is 8.37. The molecule has 1 saturated heterocycles. The maximum atomic E-state index is 5.58. The van der Waals surface area contributed by atoms with Gasteiger partial charge < -0.3 is 10.5 Å². The topological polar surface area (TPSA) is 35.2 Å². The number of methoxy groups -OCH3 is 1. The molecule has 1 heterocycles. The number of thioether (sulfide) groups is 1. The maximum Gasteiger partial charge on any atom is 0.0627 e. The minimum Gasteiger partial charge on any atom is -0.381 e. The summed E-state index contributed by atoms with van der Waals surface area (Å²) in [5, 5.41) is 0. The summed E-state index contributed by atoms with van der Waals surface area (Å²) in [7, 11) is 1.78. The van der Waals surface area contributed by atoms with Gasteiger partial charge >= 0.3 is 0 Å². The zero-order chi connectivity index (χ0) is 7.40. The van der Waals surface area contributed by atoms with Crippen molar-refractivity contribution in [3.05, 3.63) is 0 Å². The molecule has 10 heavy (non-hydrogen) atoms. The van der Waals surface area contributed by atoms with Crippen LogP contribution in [0.15, 0.2) is 0 Å². The van der Waals surface area contributed by atoms with Gasteiger partial charge in [0.15, 0.2) is 0 Å². The van der Waals surface area contributed by atoms with E-state index in [1.54, 1.807) is 7.11 Å². The molecule has 0 amide bonds. The molecule has 1 aliphatic heterocycles. The molecule has 0 aliphatic carbocycles. The molecular formula is C7H15NOS. The Bertz CT molecular complexity index is 87.6. The lowest BCUT2D eigenvalue weighted by molar-refractivity contribution is 0.0584. The number of hydrogen-bond donors (Lipinski definition) is 1. The molecular weight excluding hydrogens is 146 g/mol. The van der Waals surface area contributed by atoms with Gasteiger partial charge in [-0.1, -0.05) is 0 Å². The first-order chi connectivity index (χ1) is 4.88. The molecule has 3 heteroatoms. The summed E-state index contributed by atoms with van der Waals surface area (Å²) in [4.78, 5) is 0. The highest BCUT2D eigenvalue weighted by Gasteiger charge is 2.23. The van der Waals surface area contributed by atoms with E-state index in [0.29, 0.717) is 12.0 Å². The van der Waals surface area contributed by atoms with Crippen LogP contribution in [0.5, 0.6) is 0 Å². The van der Waals surface area contributed by atoms with Gasteiger partial charge in [0.05, 0.1) is 6.10 Å². The normalized spacial score (nSPS) is 34.2. The van der Waals surface area contributed by atoms with Crippen molar-refractivity contribution in [3.8, 4) is 0 Å². The second-order valence-electron chi connectivity index (χ2n) is 2.63. The van der Waals surface area contributed by atoms with E-state index in [0.717, 1.165) is 6.54 Å². The SMILES string of the molecule is COC1CCSCC1CN. The number of rotatable bonds is 2.